The van der Waals surface area contributed by atoms with Crippen molar-refractivity contribution in [1.82, 2.24) is 4.98 Å². The topological polar surface area (TPSA) is 51.4 Å². The molecule has 0 saturated carbocycles. The van der Waals surface area contributed by atoms with Gasteiger partial charge in [-0.05, 0) is 31.9 Å². The molecule has 2 rings (SSSR count). The van der Waals surface area contributed by atoms with Crippen molar-refractivity contribution in [2.24, 2.45) is 5.73 Å². The van der Waals surface area contributed by atoms with Crippen molar-refractivity contribution in [3.05, 3.63) is 23.9 Å². The largest absolute Gasteiger partial charge is 0.389 e. The molecule has 0 spiro atoms. The Morgan fingerprint density at radius 3 is 2.72 bits per heavy atom. The maximum Gasteiger partial charge on any atom is 0.128 e. The number of rotatable bonds is 4. The number of hydrogen-bond acceptors (Lipinski definition) is 4. The predicted molar refractivity (Wildman–Crippen MR) is 77.0 cm³/mol. The van der Waals surface area contributed by atoms with E-state index in [0.29, 0.717) is 11.1 Å². The molecule has 0 aliphatic carbocycles. The molecule has 1 aliphatic rings. The zero-order valence-electron chi connectivity index (χ0n) is 10.6. The van der Waals surface area contributed by atoms with Crippen LogP contribution in [0.4, 0.5) is 5.82 Å². The van der Waals surface area contributed by atoms with Crippen molar-refractivity contribution in [2.75, 3.05) is 24.6 Å². The van der Waals surface area contributed by atoms with Gasteiger partial charge in [0.25, 0.3) is 0 Å². The van der Waals surface area contributed by atoms with E-state index < -0.39 is 0 Å². The van der Waals surface area contributed by atoms with E-state index in [9.17, 15) is 0 Å². The quantitative estimate of drug-likeness (QED) is 0.840. The lowest BCUT2D eigenvalue weighted by Crippen LogP contribution is -2.37. The van der Waals surface area contributed by atoms with Crippen LogP contribution < -0.4 is 10.6 Å². The second-order valence-corrected chi connectivity index (χ2v) is 4.85. The predicted octanol–water partition coefficient (Wildman–Crippen LogP) is 1.72. The van der Waals surface area contributed by atoms with Crippen molar-refractivity contribution in [3.63, 3.8) is 0 Å². The summed E-state index contributed by atoms with van der Waals surface area (Å²) in [5.74, 6) is 0.991. The second kappa shape index (κ2) is 6.11. The van der Waals surface area contributed by atoms with E-state index >= 15 is 0 Å². The highest BCUT2D eigenvalue weighted by molar-refractivity contribution is 7.80. The lowest BCUT2D eigenvalue weighted by atomic mass is 10.1. The third-order valence-corrected chi connectivity index (χ3v) is 3.44. The zero-order chi connectivity index (χ0) is 13.0. The van der Waals surface area contributed by atoms with Crippen molar-refractivity contribution in [3.8, 4) is 0 Å². The van der Waals surface area contributed by atoms with Crippen LogP contribution >= 0.6 is 12.2 Å². The van der Waals surface area contributed by atoms with Crippen LogP contribution in [0.3, 0.4) is 0 Å². The first-order valence-electron chi connectivity index (χ1n) is 6.33. The highest BCUT2D eigenvalue weighted by atomic mass is 32.1. The number of hydrogen-bond donors (Lipinski definition) is 1. The highest BCUT2D eigenvalue weighted by Gasteiger charge is 2.20. The molecule has 18 heavy (non-hydrogen) atoms. The average Bonchev–Trinajstić information content (AvgIpc) is 2.40. The van der Waals surface area contributed by atoms with E-state index in [0.717, 1.165) is 43.9 Å². The summed E-state index contributed by atoms with van der Waals surface area (Å²) < 4.78 is 5.64. The van der Waals surface area contributed by atoms with Gasteiger partial charge in [0.1, 0.15) is 10.8 Å². The minimum atomic E-state index is 0.393. The molecule has 1 aliphatic heterocycles. The fourth-order valence-corrected chi connectivity index (χ4v) is 2.33. The van der Waals surface area contributed by atoms with E-state index in [1.165, 1.54) is 0 Å². The van der Waals surface area contributed by atoms with Gasteiger partial charge in [0.15, 0.2) is 0 Å². The Kier molecular flexibility index (Phi) is 4.49. The summed E-state index contributed by atoms with van der Waals surface area (Å²) >= 11 is 4.91. The van der Waals surface area contributed by atoms with E-state index in [1.54, 1.807) is 6.20 Å². The number of nitrogens with two attached hydrogens (primary N) is 1. The number of nitrogens with zero attached hydrogens (tertiary/aromatic N) is 2. The first-order chi connectivity index (χ1) is 8.70. The molecule has 1 aromatic heterocycles. The summed E-state index contributed by atoms with van der Waals surface area (Å²) in [5.41, 5.74) is 6.37. The van der Waals surface area contributed by atoms with Crippen LogP contribution in [0.15, 0.2) is 18.3 Å². The van der Waals surface area contributed by atoms with Crippen molar-refractivity contribution in [2.45, 2.75) is 25.9 Å². The summed E-state index contributed by atoms with van der Waals surface area (Å²) in [6.45, 7) is 4.82. The first-order valence-corrected chi connectivity index (χ1v) is 6.74. The Labute approximate surface area is 113 Å². The molecule has 0 amide bonds. The van der Waals surface area contributed by atoms with Crippen molar-refractivity contribution in [1.29, 1.82) is 0 Å². The Bertz CT molecular complexity index is 399. The van der Waals surface area contributed by atoms with Gasteiger partial charge in [0, 0.05) is 31.5 Å². The zero-order valence-corrected chi connectivity index (χ0v) is 11.4. The van der Waals surface area contributed by atoms with E-state index in [-0.39, 0.29) is 0 Å². The van der Waals surface area contributed by atoms with Crippen LogP contribution in [-0.2, 0) is 4.74 Å². The fourth-order valence-electron chi connectivity index (χ4n) is 2.21. The Hall–Kier alpha value is -1.20. The normalized spacial score (nSPS) is 16.8. The molecule has 2 heterocycles. The number of piperidine rings is 1. The van der Waals surface area contributed by atoms with Gasteiger partial charge < -0.3 is 15.4 Å². The van der Waals surface area contributed by atoms with Gasteiger partial charge in [-0.2, -0.15) is 0 Å². The van der Waals surface area contributed by atoms with Gasteiger partial charge in [-0.15, -0.1) is 0 Å². The highest BCUT2D eigenvalue weighted by Crippen LogP contribution is 2.19. The van der Waals surface area contributed by atoms with Gasteiger partial charge >= 0.3 is 0 Å². The molecule has 1 aromatic rings. The monoisotopic (exact) mass is 265 g/mol. The molecule has 0 aromatic carbocycles. The number of ether oxygens (including phenoxy) is 1. The van der Waals surface area contributed by atoms with Crippen LogP contribution in [0.1, 0.15) is 25.3 Å². The molecular formula is C13H19N3OS. The van der Waals surface area contributed by atoms with Crippen LogP contribution in [-0.4, -0.2) is 35.8 Å². The lowest BCUT2D eigenvalue weighted by molar-refractivity contribution is 0.0458. The molecule has 4 nitrogen and oxygen atoms in total. The number of aromatic nitrogens is 1. The number of thiocarbonyl (C=S) groups is 1. The molecule has 98 valence electrons. The van der Waals surface area contributed by atoms with Crippen LogP contribution in [0.5, 0.6) is 0 Å². The van der Waals surface area contributed by atoms with Crippen LogP contribution in [0.25, 0.3) is 0 Å². The van der Waals surface area contributed by atoms with E-state index in [1.807, 2.05) is 19.1 Å². The Balaban J connectivity index is 1.95. The third-order valence-electron chi connectivity index (χ3n) is 3.20. The minimum Gasteiger partial charge on any atom is -0.389 e. The molecule has 0 unspecified atom stereocenters. The summed E-state index contributed by atoms with van der Waals surface area (Å²) in [5, 5.41) is 0. The molecule has 1 saturated heterocycles. The maximum atomic E-state index is 5.64. The van der Waals surface area contributed by atoms with Crippen molar-refractivity contribution >= 4 is 23.0 Å². The van der Waals surface area contributed by atoms with E-state index in [4.69, 9.17) is 22.7 Å². The molecule has 5 heteroatoms. The smallest absolute Gasteiger partial charge is 0.128 e. The SMILES string of the molecule is CCOC1CCN(c2ccc(C(N)=S)cn2)CC1. The van der Waals surface area contributed by atoms with Crippen LogP contribution in [0, 0.1) is 0 Å². The van der Waals surface area contributed by atoms with Gasteiger partial charge in [-0.1, -0.05) is 12.2 Å². The summed E-state index contributed by atoms with van der Waals surface area (Å²) in [7, 11) is 0. The number of anilines is 1. The maximum absolute atomic E-state index is 5.64. The standard InChI is InChI=1S/C13H19N3OS/c1-2-17-11-5-7-16(8-6-11)12-4-3-10(9-15-12)13(14)18/h3-4,9,11H,2,5-8H2,1H3,(H2,14,18). The Morgan fingerprint density at radius 2 is 2.22 bits per heavy atom. The van der Waals surface area contributed by atoms with Gasteiger partial charge in [-0.3, -0.25) is 0 Å². The summed E-state index contributed by atoms with van der Waals surface area (Å²) in [6.07, 6.45) is 4.27. The average molecular weight is 265 g/mol. The first kappa shape index (κ1) is 13.2. The van der Waals surface area contributed by atoms with E-state index in [2.05, 4.69) is 9.88 Å². The molecule has 1 fully saturated rings. The molecule has 0 bridgehead atoms. The number of pyridine rings is 1. The fraction of sp³-hybridized carbons (Fsp3) is 0.538. The minimum absolute atomic E-state index is 0.393. The molecule has 0 atom stereocenters. The lowest BCUT2D eigenvalue weighted by Gasteiger charge is -2.32. The van der Waals surface area contributed by atoms with Gasteiger partial charge in [0.05, 0.1) is 6.10 Å². The van der Waals surface area contributed by atoms with Gasteiger partial charge in [0.2, 0.25) is 0 Å². The Morgan fingerprint density at radius 1 is 1.50 bits per heavy atom. The summed E-state index contributed by atoms with van der Waals surface area (Å²) in [6, 6.07) is 3.91. The second-order valence-electron chi connectivity index (χ2n) is 4.41. The van der Waals surface area contributed by atoms with Gasteiger partial charge in [-0.25, -0.2) is 4.98 Å². The third kappa shape index (κ3) is 3.17. The molecular weight excluding hydrogens is 246 g/mol. The summed E-state index contributed by atoms with van der Waals surface area (Å²) in [4.78, 5) is 7.08. The van der Waals surface area contributed by atoms with Crippen molar-refractivity contribution < 1.29 is 4.74 Å². The molecule has 2 N–H and O–H groups in total. The molecule has 0 radical (unpaired) electrons. The van der Waals surface area contributed by atoms with Crippen LogP contribution in [0.2, 0.25) is 0 Å².